The fourth-order valence-corrected chi connectivity index (χ4v) is 1.87. The van der Waals surface area contributed by atoms with Crippen molar-refractivity contribution in [2.24, 2.45) is 0 Å². The van der Waals surface area contributed by atoms with Gasteiger partial charge in [0.25, 0.3) is 0 Å². The van der Waals surface area contributed by atoms with Crippen LogP contribution in [0, 0.1) is 0 Å². The van der Waals surface area contributed by atoms with E-state index in [1.54, 1.807) is 0 Å². The second-order valence-electron chi connectivity index (χ2n) is 5.69. The Balaban J connectivity index is 0.000000364. The van der Waals surface area contributed by atoms with Gasteiger partial charge in [0.15, 0.2) is 0 Å². The minimum atomic E-state index is 0. The number of hydrogen-bond acceptors (Lipinski definition) is 2. The molecule has 1 radical (unpaired) electrons. The molecule has 121 valence electrons. The van der Waals surface area contributed by atoms with Gasteiger partial charge in [0.05, 0.1) is 0 Å². The average Bonchev–Trinajstić information content (AvgIpc) is 3.08. The molecule has 0 fully saturated rings. The van der Waals surface area contributed by atoms with Gasteiger partial charge >= 0.3 is 0 Å². The molecule has 3 heteroatoms. The van der Waals surface area contributed by atoms with E-state index in [1.807, 2.05) is 0 Å². The molecule has 2 aromatic rings. The van der Waals surface area contributed by atoms with E-state index < -0.39 is 0 Å². The Morgan fingerprint density at radius 2 is 0.905 bits per heavy atom. The third-order valence-electron chi connectivity index (χ3n) is 3.16. The first-order valence-corrected chi connectivity index (χ1v) is 7.28. The molecule has 0 bridgehead atoms. The van der Waals surface area contributed by atoms with Crippen molar-refractivity contribution >= 4 is 0 Å². The second-order valence-corrected chi connectivity index (χ2v) is 5.69. The zero-order valence-corrected chi connectivity index (χ0v) is 14.7. The van der Waals surface area contributed by atoms with Crippen LogP contribution in [0.3, 0.4) is 0 Å². The first-order valence-electron chi connectivity index (χ1n) is 7.28. The summed E-state index contributed by atoms with van der Waals surface area (Å²) in [4.78, 5) is 4.40. The van der Waals surface area contributed by atoms with Crippen LogP contribution < -0.4 is 0 Å². The normalized spacial score (nSPS) is 10.2. The molecule has 2 aromatic carbocycles. The van der Waals surface area contributed by atoms with Crippen molar-refractivity contribution in [1.29, 1.82) is 0 Å². The van der Waals surface area contributed by atoms with Gasteiger partial charge in [-0.05, 0) is 41.3 Å². The van der Waals surface area contributed by atoms with Crippen molar-refractivity contribution in [1.82, 2.24) is 9.80 Å². The Morgan fingerprint density at radius 1 is 0.619 bits per heavy atom. The Kier molecular flexibility index (Phi) is 11.3. The molecule has 0 saturated heterocycles. The Bertz CT molecular complexity index is 374. The molecule has 0 amide bonds. The second kappa shape index (κ2) is 11.8. The van der Waals surface area contributed by atoms with Gasteiger partial charge < -0.3 is 9.80 Å². The van der Waals surface area contributed by atoms with E-state index in [2.05, 4.69) is 86.5 Å². The van der Waals surface area contributed by atoms with Gasteiger partial charge in [0.2, 0.25) is 0 Å². The van der Waals surface area contributed by atoms with Gasteiger partial charge in [-0.1, -0.05) is 12.8 Å². The maximum absolute atomic E-state index is 2.20. The minimum Gasteiger partial charge on any atom is -0.310 e. The Hall–Kier alpha value is -0.874. The standard InChI is InChI=1S/2C9H14N.Co/c2*1-10(2)8-7-9-5-3-4-6-9;/h2*3-6H,7-8H2,1-2H3;/q2*-1;. The average molecular weight is 331 g/mol. The van der Waals surface area contributed by atoms with Crippen molar-refractivity contribution in [2.75, 3.05) is 41.3 Å². The summed E-state index contributed by atoms with van der Waals surface area (Å²) in [7, 11) is 8.40. The van der Waals surface area contributed by atoms with E-state index >= 15 is 0 Å². The molecule has 0 aliphatic carbocycles. The first-order chi connectivity index (χ1) is 9.58. The van der Waals surface area contributed by atoms with Crippen molar-refractivity contribution in [3.63, 3.8) is 0 Å². The summed E-state index contributed by atoms with van der Waals surface area (Å²) in [6.07, 6.45) is 2.33. The molecule has 0 unspecified atom stereocenters. The largest absolute Gasteiger partial charge is 0.310 e. The molecule has 0 atom stereocenters. The molecular weight excluding hydrogens is 303 g/mol. The fraction of sp³-hybridized carbons (Fsp3) is 0.444. The third-order valence-corrected chi connectivity index (χ3v) is 3.16. The van der Waals surface area contributed by atoms with Crippen LogP contribution in [-0.4, -0.2) is 51.1 Å². The topological polar surface area (TPSA) is 6.48 Å². The molecule has 0 heterocycles. The fourth-order valence-electron chi connectivity index (χ4n) is 1.87. The van der Waals surface area contributed by atoms with E-state index in [0.717, 1.165) is 13.1 Å². The summed E-state index contributed by atoms with van der Waals surface area (Å²) >= 11 is 0. The number of likely N-dealkylation sites (N-methyl/N-ethyl adjacent to an activating group) is 2. The molecule has 0 aromatic heterocycles. The van der Waals surface area contributed by atoms with Crippen LogP contribution in [0.2, 0.25) is 0 Å². The van der Waals surface area contributed by atoms with Crippen LogP contribution in [-0.2, 0) is 29.6 Å². The predicted octanol–water partition coefficient (Wildman–Crippen LogP) is 3.02. The van der Waals surface area contributed by atoms with Gasteiger partial charge in [0.1, 0.15) is 0 Å². The van der Waals surface area contributed by atoms with Crippen LogP contribution in [0.5, 0.6) is 0 Å². The maximum Gasteiger partial charge on any atom is 0 e. The van der Waals surface area contributed by atoms with E-state index in [0.29, 0.717) is 0 Å². The summed E-state index contributed by atoms with van der Waals surface area (Å²) < 4.78 is 0. The van der Waals surface area contributed by atoms with Crippen LogP contribution >= 0.6 is 0 Å². The van der Waals surface area contributed by atoms with Crippen molar-refractivity contribution in [2.45, 2.75) is 12.8 Å². The van der Waals surface area contributed by atoms with E-state index in [9.17, 15) is 0 Å². The molecule has 0 spiro atoms. The molecule has 2 rings (SSSR count). The van der Waals surface area contributed by atoms with Gasteiger partial charge in [-0.2, -0.15) is 35.4 Å². The molecule has 0 aliphatic rings. The first kappa shape index (κ1) is 20.1. The van der Waals surface area contributed by atoms with Crippen molar-refractivity contribution < 1.29 is 16.8 Å². The molecule has 0 saturated carbocycles. The van der Waals surface area contributed by atoms with Crippen molar-refractivity contribution in [3.8, 4) is 0 Å². The number of nitrogens with zero attached hydrogens (tertiary/aromatic N) is 2. The van der Waals surface area contributed by atoms with Crippen LogP contribution in [0.1, 0.15) is 11.1 Å². The quantitative estimate of drug-likeness (QED) is 0.751. The van der Waals surface area contributed by atoms with Crippen LogP contribution in [0.4, 0.5) is 0 Å². The zero-order chi connectivity index (χ0) is 14.8. The van der Waals surface area contributed by atoms with Gasteiger partial charge in [-0.15, -0.1) is 0 Å². The van der Waals surface area contributed by atoms with E-state index in [1.165, 1.54) is 24.0 Å². The monoisotopic (exact) mass is 331 g/mol. The van der Waals surface area contributed by atoms with E-state index in [-0.39, 0.29) is 16.8 Å². The van der Waals surface area contributed by atoms with E-state index in [4.69, 9.17) is 0 Å². The third kappa shape index (κ3) is 10.5. The van der Waals surface area contributed by atoms with Gasteiger partial charge in [0, 0.05) is 16.8 Å². The van der Waals surface area contributed by atoms with Crippen LogP contribution in [0.25, 0.3) is 0 Å². The summed E-state index contributed by atoms with van der Waals surface area (Å²) in [5, 5.41) is 0. The zero-order valence-electron chi connectivity index (χ0n) is 13.7. The number of rotatable bonds is 6. The van der Waals surface area contributed by atoms with Crippen molar-refractivity contribution in [3.05, 3.63) is 59.7 Å². The summed E-state index contributed by atoms with van der Waals surface area (Å²) in [5.74, 6) is 0. The predicted molar refractivity (Wildman–Crippen MR) is 88.6 cm³/mol. The molecular formula is C18H28CoN2-2. The summed E-state index contributed by atoms with van der Waals surface area (Å²) in [6.45, 7) is 2.29. The van der Waals surface area contributed by atoms with Gasteiger partial charge in [-0.3, -0.25) is 0 Å². The maximum atomic E-state index is 2.20. The summed E-state index contributed by atoms with van der Waals surface area (Å²) in [5.41, 5.74) is 2.88. The molecule has 21 heavy (non-hydrogen) atoms. The van der Waals surface area contributed by atoms with Gasteiger partial charge in [-0.25, -0.2) is 24.3 Å². The molecule has 0 aliphatic heterocycles. The Morgan fingerprint density at radius 3 is 1.14 bits per heavy atom. The molecule has 2 nitrogen and oxygen atoms in total. The smallest absolute Gasteiger partial charge is 0 e. The minimum absolute atomic E-state index is 0. The SMILES string of the molecule is CN(C)CC[c-]1cccc1.CN(C)CC[c-]1cccc1.[Co]. The molecule has 0 N–H and O–H groups in total. The van der Waals surface area contributed by atoms with Crippen LogP contribution in [0.15, 0.2) is 48.5 Å². The summed E-state index contributed by atoms with van der Waals surface area (Å²) in [6, 6.07) is 17.0. The number of hydrogen-bond donors (Lipinski definition) is 0. The Labute approximate surface area is 140 Å².